The lowest BCUT2D eigenvalue weighted by atomic mass is 10.0. The van der Waals surface area contributed by atoms with Crippen molar-refractivity contribution in [3.8, 4) is 5.75 Å². The predicted octanol–water partition coefficient (Wildman–Crippen LogP) is 3.00. The lowest BCUT2D eigenvalue weighted by Gasteiger charge is -2.18. The lowest BCUT2D eigenvalue weighted by molar-refractivity contribution is -0.139. The molecule has 1 atom stereocenters. The number of nitrogens with one attached hydrogen (secondary N) is 1. The van der Waals surface area contributed by atoms with Crippen LogP contribution in [0.2, 0.25) is 0 Å². The number of ether oxygens (including phenoxy) is 1. The van der Waals surface area contributed by atoms with E-state index in [1.807, 2.05) is 0 Å². The summed E-state index contributed by atoms with van der Waals surface area (Å²) in [5, 5.41) is 11.8. The van der Waals surface area contributed by atoms with E-state index in [9.17, 15) is 19.1 Å². The van der Waals surface area contributed by atoms with Crippen LogP contribution in [0.15, 0.2) is 48.5 Å². The SMILES string of the molecule is O=C(NC(C(=O)O)c1cc(F)ccc1OCCCl)c1ccccc1. The van der Waals surface area contributed by atoms with E-state index >= 15 is 0 Å². The van der Waals surface area contributed by atoms with Gasteiger partial charge in [0.05, 0.1) is 5.88 Å². The summed E-state index contributed by atoms with van der Waals surface area (Å²) in [6.07, 6.45) is 0. The molecular weight excluding hydrogens is 337 g/mol. The Morgan fingerprint density at radius 1 is 1.21 bits per heavy atom. The number of hydrogen-bond acceptors (Lipinski definition) is 3. The van der Waals surface area contributed by atoms with Crippen molar-refractivity contribution in [1.29, 1.82) is 0 Å². The first-order chi connectivity index (χ1) is 11.5. The second-order valence-corrected chi connectivity index (χ2v) is 5.21. The van der Waals surface area contributed by atoms with Crippen molar-refractivity contribution in [2.24, 2.45) is 0 Å². The average molecular weight is 352 g/mol. The smallest absolute Gasteiger partial charge is 0.331 e. The summed E-state index contributed by atoms with van der Waals surface area (Å²) in [7, 11) is 0. The van der Waals surface area contributed by atoms with Crippen molar-refractivity contribution >= 4 is 23.5 Å². The number of hydrogen-bond donors (Lipinski definition) is 2. The van der Waals surface area contributed by atoms with E-state index in [1.54, 1.807) is 30.3 Å². The molecule has 0 saturated heterocycles. The van der Waals surface area contributed by atoms with E-state index in [0.717, 1.165) is 12.1 Å². The van der Waals surface area contributed by atoms with Gasteiger partial charge in [0.15, 0.2) is 6.04 Å². The third-order valence-corrected chi connectivity index (χ3v) is 3.33. The zero-order valence-corrected chi connectivity index (χ0v) is 13.3. The quantitative estimate of drug-likeness (QED) is 0.752. The average Bonchev–Trinajstić information content (AvgIpc) is 2.59. The molecule has 0 fully saturated rings. The van der Waals surface area contributed by atoms with Gasteiger partial charge in [0.1, 0.15) is 18.2 Å². The zero-order chi connectivity index (χ0) is 17.5. The third kappa shape index (κ3) is 4.45. The molecule has 126 valence electrons. The van der Waals surface area contributed by atoms with Crippen LogP contribution in [-0.2, 0) is 4.79 Å². The topological polar surface area (TPSA) is 75.6 Å². The largest absolute Gasteiger partial charge is 0.492 e. The molecule has 24 heavy (non-hydrogen) atoms. The predicted molar refractivity (Wildman–Crippen MR) is 86.9 cm³/mol. The van der Waals surface area contributed by atoms with E-state index in [2.05, 4.69) is 5.32 Å². The Kier molecular flexibility index (Phi) is 6.14. The van der Waals surface area contributed by atoms with Gasteiger partial charge in [0, 0.05) is 11.1 Å². The van der Waals surface area contributed by atoms with Crippen LogP contribution in [0, 0.1) is 5.82 Å². The van der Waals surface area contributed by atoms with E-state index in [4.69, 9.17) is 16.3 Å². The van der Waals surface area contributed by atoms with Crippen LogP contribution >= 0.6 is 11.6 Å². The number of alkyl halides is 1. The minimum Gasteiger partial charge on any atom is -0.492 e. The van der Waals surface area contributed by atoms with Gasteiger partial charge in [-0.25, -0.2) is 9.18 Å². The molecule has 2 rings (SSSR count). The van der Waals surface area contributed by atoms with Crippen LogP contribution in [0.5, 0.6) is 5.75 Å². The molecular formula is C17H15ClFNO4. The first-order valence-corrected chi connectivity index (χ1v) is 7.63. The van der Waals surface area contributed by atoms with Crippen LogP contribution < -0.4 is 10.1 Å². The zero-order valence-electron chi connectivity index (χ0n) is 12.5. The van der Waals surface area contributed by atoms with Crippen LogP contribution in [0.3, 0.4) is 0 Å². The van der Waals surface area contributed by atoms with Crippen molar-refractivity contribution in [3.05, 3.63) is 65.5 Å². The summed E-state index contributed by atoms with van der Waals surface area (Å²) >= 11 is 5.56. The van der Waals surface area contributed by atoms with Crippen molar-refractivity contribution < 1.29 is 23.8 Å². The summed E-state index contributed by atoms with van der Waals surface area (Å²) in [5.41, 5.74) is 0.306. The molecule has 0 saturated carbocycles. The Morgan fingerprint density at radius 2 is 1.92 bits per heavy atom. The molecule has 7 heteroatoms. The maximum absolute atomic E-state index is 13.6. The van der Waals surface area contributed by atoms with Gasteiger partial charge in [0.25, 0.3) is 5.91 Å². The Morgan fingerprint density at radius 3 is 2.54 bits per heavy atom. The Labute approximate surface area is 143 Å². The number of aliphatic carboxylic acids is 1. The number of benzene rings is 2. The highest BCUT2D eigenvalue weighted by atomic mass is 35.5. The van der Waals surface area contributed by atoms with Gasteiger partial charge in [-0.1, -0.05) is 18.2 Å². The van der Waals surface area contributed by atoms with Crippen LogP contribution in [0.25, 0.3) is 0 Å². The maximum atomic E-state index is 13.6. The molecule has 2 N–H and O–H groups in total. The van der Waals surface area contributed by atoms with E-state index < -0.39 is 23.7 Å². The van der Waals surface area contributed by atoms with E-state index in [1.165, 1.54) is 6.07 Å². The summed E-state index contributed by atoms with van der Waals surface area (Å²) < 4.78 is 18.9. The molecule has 2 aromatic carbocycles. The summed E-state index contributed by atoms with van der Waals surface area (Å²) in [6, 6.07) is 10.1. The fourth-order valence-electron chi connectivity index (χ4n) is 2.10. The molecule has 0 radical (unpaired) electrons. The summed E-state index contributed by atoms with van der Waals surface area (Å²) in [4.78, 5) is 23.8. The number of carboxylic acids is 1. The van der Waals surface area contributed by atoms with E-state index in [-0.39, 0.29) is 23.8 Å². The molecule has 0 spiro atoms. The van der Waals surface area contributed by atoms with Gasteiger partial charge in [-0.15, -0.1) is 11.6 Å². The molecule has 1 amide bonds. The van der Waals surface area contributed by atoms with Gasteiger partial charge < -0.3 is 15.2 Å². The second-order valence-electron chi connectivity index (χ2n) is 4.83. The summed E-state index contributed by atoms with van der Waals surface area (Å²) in [5.74, 6) is -2.22. The number of rotatable bonds is 7. The molecule has 2 aromatic rings. The number of carboxylic acid groups (broad SMARTS) is 1. The van der Waals surface area contributed by atoms with Crippen molar-refractivity contribution in [2.75, 3.05) is 12.5 Å². The normalized spacial score (nSPS) is 11.6. The maximum Gasteiger partial charge on any atom is 0.331 e. The minimum atomic E-state index is -1.46. The third-order valence-electron chi connectivity index (χ3n) is 3.18. The Bertz CT molecular complexity index is 724. The number of amides is 1. The molecule has 0 heterocycles. The standard InChI is InChI=1S/C17H15ClFNO4/c18-8-9-24-14-7-6-12(19)10-13(14)15(17(22)23)20-16(21)11-4-2-1-3-5-11/h1-7,10,15H,8-9H2,(H,20,21)(H,22,23). The molecule has 0 aliphatic heterocycles. The fourth-order valence-corrected chi connectivity index (χ4v) is 2.18. The molecule has 0 aliphatic carbocycles. The second kappa shape index (κ2) is 8.31. The highest BCUT2D eigenvalue weighted by Crippen LogP contribution is 2.27. The monoisotopic (exact) mass is 351 g/mol. The lowest BCUT2D eigenvalue weighted by Crippen LogP contribution is -2.34. The minimum absolute atomic E-state index is 0.0110. The van der Waals surface area contributed by atoms with Gasteiger partial charge in [0.2, 0.25) is 0 Å². The molecule has 0 aliphatic rings. The Balaban J connectivity index is 2.32. The highest BCUT2D eigenvalue weighted by molar-refractivity contribution is 6.18. The van der Waals surface area contributed by atoms with Crippen LogP contribution in [0.1, 0.15) is 22.0 Å². The van der Waals surface area contributed by atoms with Crippen molar-refractivity contribution in [3.63, 3.8) is 0 Å². The first kappa shape index (κ1) is 17.7. The number of carbonyl (C=O) groups is 2. The summed E-state index contributed by atoms with van der Waals surface area (Å²) in [6.45, 7) is 0.124. The number of carbonyl (C=O) groups excluding carboxylic acids is 1. The van der Waals surface area contributed by atoms with Gasteiger partial charge in [-0.2, -0.15) is 0 Å². The van der Waals surface area contributed by atoms with Gasteiger partial charge >= 0.3 is 5.97 Å². The van der Waals surface area contributed by atoms with Gasteiger partial charge in [-0.3, -0.25) is 4.79 Å². The van der Waals surface area contributed by atoms with Crippen LogP contribution in [-0.4, -0.2) is 29.5 Å². The molecule has 0 bridgehead atoms. The van der Waals surface area contributed by atoms with Crippen molar-refractivity contribution in [1.82, 2.24) is 5.32 Å². The first-order valence-electron chi connectivity index (χ1n) is 7.10. The van der Waals surface area contributed by atoms with E-state index in [0.29, 0.717) is 5.56 Å². The fraction of sp³-hybridized carbons (Fsp3) is 0.176. The number of halogens is 2. The van der Waals surface area contributed by atoms with Gasteiger partial charge in [-0.05, 0) is 30.3 Å². The molecule has 1 unspecified atom stereocenters. The van der Waals surface area contributed by atoms with Crippen LogP contribution in [0.4, 0.5) is 4.39 Å². The molecule has 0 aromatic heterocycles. The Hall–Kier alpha value is -2.60. The molecule has 5 nitrogen and oxygen atoms in total. The highest BCUT2D eigenvalue weighted by Gasteiger charge is 2.26. The van der Waals surface area contributed by atoms with Crippen molar-refractivity contribution in [2.45, 2.75) is 6.04 Å².